The average molecular weight is 246 g/mol. The van der Waals surface area contributed by atoms with Gasteiger partial charge in [0.05, 0.1) is 12.1 Å². The predicted molar refractivity (Wildman–Crippen MR) is 68.3 cm³/mol. The Hall–Kier alpha value is -0.380. The van der Waals surface area contributed by atoms with Crippen LogP contribution in [0, 0.1) is 6.92 Å². The van der Waals surface area contributed by atoms with E-state index in [-0.39, 0.29) is 0 Å². The average Bonchev–Trinajstić information content (AvgIpc) is 2.23. The minimum atomic E-state index is 0.658. The molecule has 15 heavy (non-hydrogen) atoms. The van der Waals surface area contributed by atoms with E-state index in [1.807, 2.05) is 12.1 Å². The van der Waals surface area contributed by atoms with Crippen molar-refractivity contribution in [3.05, 3.63) is 28.3 Å². The van der Waals surface area contributed by atoms with E-state index in [9.17, 15) is 0 Å². The first-order valence-electron chi connectivity index (χ1n) is 4.83. The Bertz CT molecular complexity index is 331. The van der Waals surface area contributed by atoms with Crippen LogP contribution >= 0.6 is 24.2 Å². The molecule has 0 aliphatic carbocycles. The van der Waals surface area contributed by atoms with Gasteiger partial charge in [-0.25, -0.2) is 0 Å². The third kappa shape index (κ3) is 3.59. The molecule has 0 heterocycles. The highest BCUT2D eigenvalue weighted by atomic mass is 35.5. The van der Waals surface area contributed by atoms with Crippen molar-refractivity contribution < 1.29 is 4.74 Å². The molecule has 0 aliphatic rings. The van der Waals surface area contributed by atoms with E-state index >= 15 is 0 Å². The van der Waals surface area contributed by atoms with Crippen LogP contribution in [0.1, 0.15) is 11.1 Å². The number of hydrogen-bond donors (Lipinski definition) is 2. The van der Waals surface area contributed by atoms with Crippen molar-refractivity contribution in [1.82, 2.24) is 5.32 Å². The summed E-state index contributed by atoms with van der Waals surface area (Å²) in [6.45, 7) is 3.76. The van der Waals surface area contributed by atoms with Gasteiger partial charge in [-0.2, -0.15) is 12.6 Å². The summed E-state index contributed by atoms with van der Waals surface area (Å²) >= 11 is 10.2. The van der Waals surface area contributed by atoms with Gasteiger partial charge >= 0.3 is 0 Å². The molecular weight excluding hydrogens is 230 g/mol. The lowest BCUT2D eigenvalue weighted by molar-refractivity contribution is 0.414. The van der Waals surface area contributed by atoms with E-state index in [0.29, 0.717) is 5.02 Å². The van der Waals surface area contributed by atoms with Crippen LogP contribution in [0.25, 0.3) is 0 Å². The first kappa shape index (κ1) is 12.7. The van der Waals surface area contributed by atoms with Gasteiger partial charge in [0.2, 0.25) is 0 Å². The Labute approximate surface area is 101 Å². The van der Waals surface area contributed by atoms with Crippen LogP contribution in [0.5, 0.6) is 5.75 Å². The number of thiol groups is 1. The Morgan fingerprint density at radius 3 is 2.80 bits per heavy atom. The highest BCUT2D eigenvalue weighted by Crippen LogP contribution is 2.27. The second-order valence-corrected chi connectivity index (χ2v) is 4.17. The zero-order valence-corrected chi connectivity index (χ0v) is 10.7. The molecule has 1 rings (SSSR count). The molecule has 0 radical (unpaired) electrons. The number of nitrogens with one attached hydrogen (secondary N) is 1. The summed E-state index contributed by atoms with van der Waals surface area (Å²) in [4.78, 5) is 0. The Morgan fingerprint density at radius 1 is 1.47 bits per heavy atom. The predicted octanol–water partition coefficient (Wildman–Crippen LogP) is 2.68. The van der Waals surface area contributed by atoms with Crippen LogP contribution in [-0.2, 0) is 6.54 Å². The monoisotopic (exact) mass is 245 g/mol. The lowest BCUT2D eigenvalue weighted by atomic mass is 10.1. The maximum Gasteiger partial charge on any atom is 0.137 e. The van der Waals surface area contributed by atoms with Crippen molar-refractivity contribution in [1.29, 1.82) is 0 Å². The third-order valence-electron chi connectivity index (χ3n) is 2.21. The van der Waals surface area contributed by atoms with E-state index in [4.69, 9.17) is 16.3 Å². The molecule has 0 atom stereocenters. The second-order valence-electron chi connectivity index (χ2n) is 3.31. The topological polar surface area (TPSA) is 21.3 Å². The fraction of sp³-hybridized carbons (Fsp3) is 0.455. The smallest absolute Gasteiger partial charge is 0.137 e. The maximum atomic E-state index is 6.05. The number of benzene rings is 1. The van der Waals surface area contributed by atoms with Gasteiger partial charge < -0.3 is 10.1 Å². The zero-order chi connectivity index (χ0) is 11.3. The van der Waals surface area contributed by atoms with Gasteiger partial charge in [-0.1, -0.05) is 11.6 Å². The van der Waals surface area contributed by atoms with Crippen molar-refractivity contribution in [2.45, 2.75) is 13.5 Å². The van der Waals surface area contributed by atoms with Crippen LogP contribution in [0.15, 0.2) is 12.1 Å². The van der Waals surface area contributed by atoms with Crippen molar-refractivity contribution in [3.8, 4) is 5.75 Å². The minimum absolute atomic E-state index is 0.658. The summed E-state index contributed by atoms with van der Waals surface area (Å²) in [5.74, 6) is 1.57. The Balaban J connectivity index is 2.76. The Kier molecular flexibility index (Phi) is 5.29. The zero-order valence-electron chi connectivity index (χ0n) is 9.01. The molecular formula is C11H16ClNOS. The van der Waals surface area contributed by atoms with Crippen LogP contribution < -0.4 is 10.1 Å². The molecule has 2 nitrogen and oxygen atoms in total. The summed E-state index contributed by atoms with van der Waals surface area (Å²) in [7, 11) is 1.62. The van der Waals surface area contributed by atoms with Crippen molar-refractivity contribution in [2.24, 2.45) is 0 Å². The van der Waals surface area contributed by atoms with Gasteiger partial charge in [0.25, 0.3) is 0 Å². The van der Waals surface area contributed by atoms with E-state index in [2.05, 4.69) is 24.9 Å². The lowest BCUT2D eigenvalue weighted by Crippen LogP contribution is -2.16. The molecule has 0 spiro atoms. The highest BCUT2D eigenvalue weighted by molar-refractivity contribution is 7.80. The van der Waals surface area contributed by atoms with Crippen molar-refractivity contribution in [3.63, 3.8) is 0 Å². The molecule has 0 saturated heterocycles. The molecule has 0 unspecified atom stereocenters. The third-order valence-corrected chi connectivity index (χ3v) is 2.73. The summed E-state index contributed by atoms with van der Waals surface area (Å²) < 4.78 is 5.14. The number of hydrogen-bond acceptors (Lipinski definition) is 3. The van der Waals surface area contributed by atoms with Gasteiger partial charge in [0.15, 0.2) is 0 Å². The first-order valence-corrected chi connectivity index (χ1v) is 5.84. The maximum absolute atomic E-state index is 6.05. The number of halogens is 1. The van der Waals surface area contributed by atoms with Gasteiger partial charge in [-0.15, -0.1) is 0 Å². The summed E-state index contributed by atoms with van der Waals surface area (Å²) in [6, 6.07) is 3.90. The van der Waals surface area contributed by atoms with Crippen molar-refractivity contribution >= 4 is 24.2 Å². The van der Waals surface area contributed by atoms with E-state index < -0.39 is 0 Å². The molecule has 0 aliphatic heterocycles. The van der Waals surface area contributed by atoms with Crippen LogP contribution in [0.2, 0.25) is 5.02 Å². The molecule has 1 N–H and O–H groups in total. The normalized spacial score (nSPS) is 10.4. The lowest BCUT2D eigenvalue weighted by Gasteiger charge is -2.10. The SMILES string of the molecule is COc1cc(C)c(CNCCS)cc1Cl. The summed E-state index contributed by atoms with van der Waals surface area (Å²) in [6.07, 6.45) is 0. The standard InChI is InChI=1S/C11H16ClNOS/c1-8-5-11(14-2)10(12)6-9(8)7-13-3-4-15/h5-6,13,15H,3-4,7H2,1-2H3. The van der Waals surface area contributed by atoms with E-state index in [1.54, 1.807) is 7.11 Å². The molecule has 1 aromatic rings. The molecule has 0 amide bonds. The fourth-order valence-corrected chi connectivity index (χ4v) is 1.77. The molecule has 0 saturated carbocycles. The number of aryl methyl sites for hydroxylation is 1. The van der Waals surface area contributed by atoms with Crippen LogP contribution in [0.3, 0.4) is 0 Å². The number of ether oxygens (including phenoxy) is 1. The minimum Gasteiger partial charge on any atom is -0.495 e. The molecule has 0 fully saturated rings. The molecule has 84 valence electrons. The number of rotatable bonds is 5. The van der Waals surface area contributed by atoms with Gasteiger partial charge in [-0.3, -0.25) is 0 Å². The second kappa shape index (κ2) is 6.26. The Morgan fingerprint density at radius 2 is 2.20 bits per heavy atom. The van der Waals surface area contributed by atoms with Crippen LogP contribution in [-0.4, -0.2) is 19.4 Å². The summed E-state index contributed by atoms with van der Waals surface area (Å²) in [5.41, 5.74) is 2.38. The molecule has 1 aromatic carbocycles. The quantitative estimate of drug-likeness (QED) is 0.615. The van der Waals surface area contributed by atoms with E-state index in [1.165, 1.54) is 11.1 Å². The first-order chi connectivity index (χ1) is 7.19. The number of methoxy groups -OCH3 is 1. The molecule has 4 heteroatoms. The van der Waals surface area contributed by atoms with Gasteiger partial charge in [0, 0.05) is 18.8 Å². The fourth-order valence-electron chi connectivity index (χ4n) is 1.35. The van der Waals surface area contributed by atoms with Gasteiger partial charge in [-0.05, 0) is 30.2 Å². The van der Waals surface area contributed by atoms with E-state index in [0.717, 1.165) is 24.6 Å². The van der Waals surface area contributed by atoms with Gasteiger partial charge in [0.1, 0.15) is 5.75 Å². The summed E-state index contributed by atoms with van der Waals surface area (Å²) in [5, 5.41) is 3.94. The largest absolute Gasteiger partial charge is 0.495 e. The molecule has 0 bridgehead atoms. The van der Waals surface area contributed by atoms with Crippen molar-refractivity contribution in [2.75, 3.05) is 19.4 Å². The molecule has 0 aromatic heterocycles. The van der Waals surface area contributed by atoms with Crippen LogP contribution in [0.4, 0.5) is 0 Å². The highest BCUT2D eigenvalue weighted by Gasteiger charge is 2.05.